The van der Waals surface area contributed by atoms with Gasteiger partial charge in [0.2, 0.25) is 0 Å². The lowest BCUT2D eigenvalue weighted by Gasteiger charge is -2.22. The second-order valence-corrected chi connectivity index (χ2v) is 7.83. The first-order valence-electron chi connectivity index (χ1n) is 10.1. The average Bonchev–Trinajstić information content (AvgIpc) is 3.44. The van der Waals surface area contributed by atoms with E-state index in [9.17, 15) is 18.8 Å². The lowest BCUT2D eigenvalue weighted by molar-refractivity contribution is -0.141. The second-order valence-electron chi connectivity index (χ2n) is 7.83. The Morgan fingerprint density at radius 2 is 1.97 bits per heavy atom. The van der Waals surface area contributed by atoms with E-state index >= 15 is 4.39 Å². The van der Waals surface area contributed by atoms with Crippen LogP contribution in [0.4, 0.5) is 14.5 Å². The molecule has 1 saturated carbocycles. The highest BCUT2D eigenvalue weighted by Crippen LogP contribution is 2.40. The van der Waals surface area contributed by atoms with Gasteiger partial charge in [0.05, 0.1) is 23.1 Å². The first-order chi connectivity index (χ1) is 14.3. The molecule has 0 spiro atoms. The van der Waals surface area contributed by atoms with Crippen molar-refractivity contribution < 1.29 is 23.1 Å². The van der Waals surface area contributed by atoms with Crippen molar-refractivity contribution in [2.45, 2.75) is 44.7 Å². The van der Waals surface area contributed by atoms with E-state index in [0.29, 0.717) is 19.5 Å². The molecule has 2 N–H and O–H groups in total. The number of carbonyl (C=O) groups is 2. The second kappa shape index (κ2) is 8.92. The van der Waals surface area contributed by atoms with Gasteiger partial charge in [-0.2, -0.15) is 0 Å². The molecule has 1 aromatic carbocycles. The minimum atomic E-state index is -0.872. The van der Waals surface area contributed by atoms with Crippen LogP contribution in [0.2, 0.25) is 0 Å². The van der Waals surface area contributed by atoms with Crippen molar-refractivity contribution in [3.8, 4) is 0 Å². The summed E-state index contributed by atoms with van der Waals surface area (Å²) in [6.45, 7) is 2.46. The lowest BCUT2D eigenvalue weighted by atomic mass is 10.0. The Morgan fingerprint density at radius 3 is 2.55 bits per heavy atom. The van der Waals surface area contributed by atoms with Crippen molar-refractivity contribution in [3.63, 3.8) is 0 Å². The Bertz CT molecular complexity index is 1100. The zero-order chi connectivity index (χ0) is 21.6. The number of hydrogen-bond acceptors (Lipinski definition) is 6. The summed E-state index contributed by atoms with van der Waals surface area (Å²) in [5.41, 5.74) is 4.61. The van der Waals surface area contributed by atoms with Crippen LogP contribution in [0.15, 0.2) is 17.1 Å². The van der Waals surface area contributed by atoms with Crippen molar-refractivity contribution in [3.05, 3.63) is 39.7 Å². The number of aromatic nitrogens is 1. The van der Waals surface area contributed by atoms with Gasteiger partial charge in [-0.15, -0.1) is 12.4 Å². The third kappa shape index (κ3) is 4.29. The monoisotopic (exact) mass is 455 g/mol. The van der Waals surface area contributed by atoms with Gasteiger partial charge in [0.1, 0.15) is 17.9 Å². The fourth-order valence-electron chi connectivity index (χ4n) is 3.99. The van der Waals surface area contributed by atoms with E-state index in [1.54, 1.807) is 11.8 Å². The quantitative estimate of drug-likeness (QED) is 0.409. The summed E-state index contributed by atoms with van der Waals surface area (Å²) in [5, 5.41) is -0.209. The van der Waals surface area contributed by atoms with Crippen molar-refractivity contribution in [2.75, 3.05) is 24.6 Å². The molecule has 10 heteroatoms. The van der Waals surface area contributed by atoms with Gasteiger partial charge < -0.3 is 19.9 Å². The summed E-state index contributed by atoms with van der Waals surface area (Å²) in [7, 11) is 0. The summed E-state index contributed by atoms with van der Waals surface area (Å²) in [5.74, 6) is -3.18. The molecule has 1 aromatic heterocycles. The molecule has 2 fully saturated rings. The number of halogens is 3. The number of ketones is 1. The maximum Gasteiger partial charge on any atom is 0.313 e. The van der Waals surface area contributed by atoms with E-state index < -0.39 is 35.2 Å². The van der Waals surface area contributed by atoms with Crippen molar-refractivity contribution in [1.29, 1.82) is 0 Å². The number of ether oxygens (including phenoxy) is 1. The number of esters is 1. The van der Waals surface area contributed by atoms with Crippen LogP contribution in [0.5, 0.6) is 0 Å². The number of fused-ring (bicyclic) bond motifs is 1. The number of hydrogen-bond donors (Lipinski definition) is 1. The molecular formula is C21H24ClF2N3O4. The SMILES string of the molecule is CCOC(=O)CC(=O)c1cn(C2CC2)c2c(F)c(N3CCC(N)C3)c(F)cc2c1=O.Cl. The number of anilines is 1. The number of Topliss-reactive ketones (excluding diaryl/α,β-unsaturated/α-hetero) is 1. The molecule has 1 aliphatic heterocycles. The van der Waals surface area contributed by atoms with Crippen LogP contribution in [0.1, 0.15) is 49.0 Å². The molecule has 31 heavy (non-hydrogen) atoms. The number of nitrogens with two attached hydrogens (primary N) is 1. The van der Waals surface area contributed by atoms with Gasteiger partial charge >= 0.3 is 5.97 Å². The van der Waals surface area contributed by atoms with Crippen LogP contribution in [0, 0.1) is 11.6 Å². The summed E-state index contributed by atoms with van der Waals surface area (Å²) in [6.07, 6.45) is 2.82. The molecule has 0 amide bonds. The lowest BCUT2D eigenvalue weighted by Crippen LogP contribution is -2.28. The predicted molar refractivity (Wildman–Crippen MR) is 114 cm³/mol. The molecule has 1 unspecified atom stereocenters. The van der Waals surface area contributed by atoms with Crippen molar-refractivity contribution in [2.24, 2.45) is 5.73 Å². The fourth-order valence-corrected chi connectivity index (χ4v) is 3.99. The van der Waals surface area contributed by atoms with Gasteiger partial charge in [-0.25, -0.2) is 8.78 Å². The Kier molecular flexibility index (Phi) is 6.66. The number of pyridine rings is 1. The van der Waals surface area contributed by atoms with E-state index in [0.717, 1.165) is 18.9 Å². The first kappa shape index (κ1) is 23.1. The third-order valence-electron chi connectivity index (χ3n) is 5.58. The number of rotatable bonds is 6. The predicted octanol–water partition coefficient (Wildman–Crippen LogP) is 2.71. The maximum absolute atomic E-state index is 15.5. The molecule has 1 saturated heterocycles. The summed E-state index contributed by atoms with van der Waals surface area (Å²) >= 11 is 0. The number of nitrogens with zero attached hydrogens (tertiary/aromatic N) is 2. The number of benzene rings is 1. The topological polar surface area (TPSA) is 94.6 Å². The summed E-state index contributed by atoms with van der Waals surface area (Å²) in [6, 6.07) is 0.726. The molecule has 7 nitrogen and oxygen atoms in total. The zero-order valence-electron chi connectivity index (χ0n) is 17.0. The molecule has 0 bridgehead atoms. The Morgan fingerprint density at radius 1 is 1.26 bits per heavy atom. The van der Waals surface area contributed by atoms with E-state index in [1.165, 1.54) is 10.8 Å². The first-order valence-corrected chi connectivity index (χ1v) is 10.1. The van der Waals surface area contributed by atoms with Gasteiger partial charge in [-0.3, -0.25) is 14.4 Å². The largest absolute Gasteiger partial charge is 0.466 e. The normalized spacial score (nSPS) is 18.2. The molecule has 2 heterocycles. The summed E-state index contributed by atoms with van der Waals surface area (Å²) in [4.78, 5) is 38.7. The van der Waals surface area contributed by atoms with E-state index in [2.05, 4.69) is 0 Å². The van der Waals surface area contributed by atoms with Crippen molar-refractivity contribution in [1.82, 2.24) is 4.57 Å². The van der Waals surface area contributed by atoms with Gasteiger partial charge in [-0.05, 0) is 32.3 Å². The molecule has 2 aliphatic rings. The highest BCUT2D eigenvalue weighted by molar-refractivity contribution is 6.07. The maximum atomic E-state index is 15.5. The van der Waals surface area contributed by atoms with Crippen LogP contribution in [-0.4, -0.2) is 42.1 Å². The van der Waals surface area contributed by atoms with E-state index in [4.69, 9.17) is 10.5 Å². The van der Waals surface area contributed by atoms with Gasteiger partial charge in [0.25, 0.3) is 0 Å². The van der Waals surface area contributed by atoms with Crippen molar-refractivity contribution >= 4 is 40.7 Å². The minimum Gasteiger partial charge on any atom is -0.466 e. The van der Waals surface area contributed by atoms with Crippen LogP contribution in [-0.2, 0) is 9.53 Å². The van der Waals surface area contributed by atoms with Crippen LogP contribution in [0.3, 0.4) is 0 Å². The average molecular weight is 456 g/mol. The molecule has 4 rings (SSSR count). The van der Waals surface area contributed by atoms with Crippen LogP contribution < -0.4 is 16.1 Å². The third-order valence-corrected chi connectivity index (χ3v) is 5.58. The molecule has 1 atom stereocenters. The molecule has 1 aliphatic carbocycles. The minimum absolute atomic E-state index is 0. The van der Waals surface area contributed by atoms with E-state index in [-0.39, 0.29) is 53.3 Å². The molecule has 168 valence electrons. The van der Waals surface area contributed by atoms with Gasteiger partial charge in [0.15, 0.2) is 17.0 Å². The highest BCUT2D eigenvalue weighted by atomic mass is 35.5. The van der Waals surface area contributed by atoms with Crippen LogP contribution >= 0.6 is 12.4 Å². The molecule has 0 radical (unpaired) electrons. The van der Waals surface area contributed by atoms with Crippen LogP contribution in [0.25, 0.3) is 10.9 Å². The van der Waals surface area contributed by atoms with Gasteiger partial charge in [0, 0.05) is 31.4 Å². The van der Waals surface area contributed by atoms with Gasteiger partial charge in [-0.1, -0.05) is 0 Å². The Hall–Kier alpha value is -2.52. The molecule has 2 aromatic rings. The van der Waals surface area contributed by atoms with E-state index in [1.807, 2.05) is 0 Å². The smallest absolute Gasteiger partial charge is 0.313 e. The molecular weight excluding hydrogens is 432 g/mol. The standard InChI is InChI=1S/C21H23F2N3O4.ClH/c1-2-30-17(28)8-16(27)14-10-26(12-3-4-12)19-13(21(14)29)7-15(22)20(18(19)23)25-6-5-11(24)9-25;/h7,10-12H,2-6,8-9,24H2,1H3;1H. The number of carbonyl (C=O) groups excluding carboxylic acids is 2. The summed E-state index contributed by atoms with van der Waals surface area (Å²) < 4.78 is 36.7. The Labute approximate surface area is 183 Å². The zero-order valence-corrected chi connectivity index (χ0v) is 17.8. The highest BCUT2D eigenvalue weighted by Gasteiger charge is 2.32. The Balaban J connectivity index is 0.00000272. The fraction of sp³-hybridized carbons (Fsp3) is 0.476.